The quantitative estimate of drug-likeness (QED) is 0.777. The van der Waals surface area contributed by atoms with Crippen LogP contribution >= 0.6 is 0 Å². The lowest BCUT2D eigenvalue weighted by Crippen LogP contribution is -2.27. The molecular formula is C17H21N5O2. The smallest absolute Gasteiger partial charge is 0.311 e. The molecule has 0 aliphatic carbocycles. The number of aryl methyl sites for hydroxylation is 1. The standard InChI is InChI=1S/C17H21N5O2/c1-11-12-7-5-6-8-13(12)18-14(11)9-22(4)17(23)16-20-19-15(24-16)10-21(2)3/h5-8,18H,9-10H2,1-4H3. The number of nitrogens with one attached hydrogen (secondary N) is 1. The van der Waals surface area contributed by atoms with Crippen molar-refractivity contribution in [2.45, 2.75) is 20.0 Å². The van der Waals surface area contributed by atoms with E-state index in [0.29, 0.717) is 19.0 Å². The van der Waals surface area contributed by atoms with Crippen LogP contribution in [0.25, 0.3) is 10.9 Å². The fourth-order valence-corrected chi connectivity index (χ4v) is 2.64. The molecule has 7 heteroatoms. The Kier molecular flexibility index (Phi) is 4.35. The largest absolute Gasteiger partial charge is 0.415 e. The number of nitrogens with zero attached hydrogens (tertiary/aromatic N) is 4. The maximum Gasteiger partial charge on any atom is 0.311 e. The molecule has 1 amide bonds. The second-order valence-corrected chi connectivity index (χ2v) is 6.17. The lowest BCUT2D eigenvalue weighted by atomic mass is 10.1. The first-order valence-electron chi connectivity index (χ1n) is 7.74. The van der Waals surface area contributed by atoms with Gasteiger partial charge in [-0.1, -0.05) is 18.2 Å². The number of carbonyl (C=O) groups excluding carboxylic acids is 1. The molecule has 0 fully saturated rings. The van der Waals surface area contributed by atoms with Gasteiger partial charge < -0.3 is 19.2 Å². The fraction of sp³-hybridized carbons (Fsp3) is 0.353. The van der Waals surface area contributed by atoms with Crippen molar-refractivity contribution in [2.75, 3.05) is 21.1 Å². The summed E-state index contributed by atoms with van der Waals surface area (Å²) < 4.78 is 5.44. The first-order chi connectivity index (χ1) is 11.5. The summed E-state index contributed by atoms with van der Waals surface area (Å²) in [6.07, 6.45) is 0. The van der Waals surface area contributed by atoms with E-state index >= 15 is 0 Å². The van der Waals surface area contributed by atoms with Crippen LogP contribution < -0.4 is 0 Å². The molecule has 0 spiro atoms. The summed E-state index contributed by atoms with van der Waals surface area (Å²) in [6, 6.07) is 8.09. The van der Waals surface area contributed by atoms with E-state index in [1.54, 1.807) is 11.9 Å². The zero-order valence-electron chi connectivity index (χ0n) is 14.3. The zero-order valence-corrected chi connectivity index (χ0v) is 14.3. The molecule has 1 aromatic carbocycles. The van der Waals surface area contributed by atoms with E-state index in [2.05, 4.69) is 21.2 Å². The molecule has 7 nitrogen and oxygen atoms in total. The third-order valence-electron chi connectivity index (χ3n) is 3.91. The Morgan fingerprint density at radius 1 is 1.17 bits per heavy atom. The number of rotatable bonds is 5. The van der Waals surface area contributed by atoms with Gasteiger partial charge in [-0.3, -0.25) is 4.79 Å². The van der Waals surface area contributed by atoms with Gasteiger partial charge in [-0.15, -0.1) is 10.2 Å². The highest BCUT2D eigenvalue weighted by atomic mass is 16.4. The van der Waals surface area contributed by atoms with Crippen molar-refractivity contribution < 1.29 is 9.21 Å². The van der Waals surface area contributed by atoms with E-state index in [9.17, 15) is 4.79 Å². The van der Waals surface area contributed by atoms with E-state index in [1.165, 1.54) is 5.39 Å². The second-order valence-electron chi connectivity index (χ2n) is 6.17. The molecule has 0 unspecified atom stereocenters. The Morgan fingerprint density at radius 2 is 1.92 bits per heavy atom. The molecule has 0 saturated carbocycles. The summed E-state index contributed by atoms with van der Waals surface area (Å²) in [4.78, 5) is 19.3. The number of hydrogen-bond donors (Lipinski definition) is 1. The third-order valence-corrected chi connectivity index (χ3v) is 3.91. The lowest BCUT2D eigenvalue weighted by molar-refractivity contribution is 0.0740. The van der Waals surface area contributed by atoms with Crippen LogP contribution in [-0.2, 0) is 13.1 Å². The van der Waals surface area contributed by atoms with Crippen molar-refractivity contribution >= 4 is 16.8 Å². The highest BCUT2D eigenvalue weighted by Crippen LogP contribution is 2.22. The predicted molar refractivity (Wildman–Crippen MR) is 90.5 cm³/mol. The number of fused-ring (bicyclic) bond motifs is 1. The number of benzene rings is 1. The average molecular weight is 327 g/mol. The molecule has 24 heavy (non-hydrogen) atoms. The van der Waals surface area contributed by atoms with E-state index in [1.807, 2.05) is 44.1 Å². The number of aromatic amines is 1. The van der Waals surface area contributed by atoms with Crippen LogP contribution in [0.3, 0.4) is 0 Å². The number of aromatic nitrogens is 3. The molecule has 2 heterocycles. The highest BCUT2D eigenvalue weighted by molar-refractivity contribution is 5.89. The van der Waals surface area contributed by atoms with Crippen molar-refractivity contribution in [1.82, 2.24) is 25.0 Å². The van der Waals surface area contributed by atoms with Gasteiger partial charge in [0.25, 0.3) is 0 Å². The number of carbonyl (C=O) groups is 1. The SMILES string of the molecule is Cc1c(CN(C)C(=O)c2nnc(CN(C)C)o2)[nH]c2ccccc12. The third kappa shape index (κ3) is 3.16. The van der Waals surface area contributed by atoms with Gasteiger partial charge in [-0.2, -0.15) is 0 Å². The summed E-state index contributed by atoms with van der Waals surface area (Å²) in [5, 5.41) is 8.92. The van der Waals surface area contributed by atoms with Crippen molar-refractivity contribution in [3.8, 4) is 0 Å². The maximum absolute atomic E-state index is 12.5. The topological polar surface area (TPSA) is 78.3 Å². The Balaban J connectivity index is 1.75. The van der Waals surface area contributed by atoms with Gasteiger partial charge in [-0.25, -0.2) is 0 Å². The van der Waals surface area contributed by atoms with Gasteiger partial charge in [-0.05, 0) is 32.6 Å². The molecule has 1 N–H and O–H groups in total. The van der Waals surface area contributed by atoms with Crippen LogP contribution in [0.4, 0.5) is 0 Å². The van der Waals surface area contributed by atoms with Crippen molar-refractivity contribution in [2.24, 2.45) is 0 Å². The van der Waals surface area contributed by atoms with Gasteiger partial charge >= 0.3 is 11.8 Å². The van der Waals surface area contributed by atoms with Gasteiger partial charge in [0.05, 0.1) is 13.1 Å². The molecule has 126 valence electrons. The highest BCUT2D eigenvalue weighted by Gasteiger charge is 2.21. The summed E-state index contributed by atoms with van der Waals surface area (Å²) in [5.74, 6) is 0.159. The van der Waals surface area contributed by atoms with E-state index < -0.39 is 0 Å². The van der Waals surface area contributed by atoms with E-state index in [4.69, 9.17) is 4.42 Å². The average Bonchev–Trinajstić information content (AvgIpc) is 3.12. The molecule has 0 aliphatic rings. The Labute approximate surface area is 140 Å². The van der Waals surface area contributed by atoms with Crippen LogP contribution in [0.1, 0.15) is 27.8 Å². The number of amides is 1. The minimum atomic E-state index is -0.287. The molecule has 0 atom stereocenters. The molecule has 0 saturated heterocycles. The molecule has 3 aromatic rings. The van der Waals surface area contributed by atoms with Gasteiger partial charge in [0.2, 0.25) is 5.89 Å². The normalized spacial score (nSPS) is 11.4. The molecule has 0 radical (unpaired) electrons. The second kappa shape index (κ2) is 6.45. The minimum absolute atomic E-state index is 0.0168. The van der Waals surface area contributed by atoms with E-state index in [-0.39, 0.29) is 11.8 Å². The first-order valence-corrected chi connectivity index (χ1v) is 7.74. The Bertz CT molecular complexity index is 865. The zero-order chi connectivity index (χ0) is 17.3. The van der Waals surface area contributed by atoms with Gasteiger partial charge in [0, 0.05) is 23.6 Å². The predicted octanol–water partition coefficient (Wildman–Crippen LogP) is 2.19. The van der Waals surface area contributed by atoms with Crippen molar-refractivity contribution in [1.29, 1.82) is 0 Å². The van der Waals surface area contributed by atoms with E-state index in [0.717, 1.165) is 16.8 Å². The molecule has 3 rings (SSSR count). The van der Waals surface area contributed by atoms with Crippen molar-refractivity contribution in [3.63, 3.8) is 0 Å². The summed E-state index contributed by atoms with van der Waals surface area (Å²) >= 11 is 0. The van der Waals surface area contributed by atoms with Gasteiger partial charge in [0.15, 0.2) is 0 Å². The van der Waals surface area contributed by atoms with Gasteiger partial charge in [0.1, 0.15) is 0 Å². The number of hydrogen-bond acceptors (Lipinski definition) is 5. The molecular weight excluding hydrogens is 306 g/mol. The summed E-state index contributed by atoms with van der Waals surface area (Å²) in [7, 11) is 5.52. The van der Waals surface area contributed by atoms with Crippen LogP contribution in [0.2, 0.25) is 0 Å². The molecule has 0 bridgehead atoms. The monoisotopic (exact) mass is 327 g/mol. The van der Waals surface area contributed by atoms with Crippen LogP contribution in [0.5, 0.6) is 0 Å². The number of H-pyrrole nitrogens is 1. The van der Waals surface area contributed by atoms with Crippen LogP contribution in [0.15, 0.2) is 28.7 Å². The first kappa shape index (κ1) is 16.2. The minimum Gasteiger partial charge on any atom is -0.415 e. The molecule has 0 aliphatic heterocycles. The van der Waals surface area contributed by atoms with Crippen LogP contribution in [-0.4, -0.2) is 52.0 Å². The maximum atomic E-state index is 12.5. The van der Waals surface area contributed by atoms with Crippen molar-refractivity contribution in [3.05, 3.63) is 47.3 Å². The Hall–Kier alpha value is -2.67. The Morgan fingerprint density at radius 3 is 2.62 bits per heavy atom. The molecule has 2 aromatic heterocycles. The number of para-hydroxylation sites is 1. The van der Waals surface area contributed by atoms with Crippen LogP contribution in [0, 0.1) is 6.92 Å². The fourth-order valence-electron chi connectivity index (χ4n) is 2.64. The summed E-state index contributed by atoms with van der Waals surface area (Å²) in [5.41, 5.74) is 3.21. The summed E-state index contributed by atoms with van der Waals surface area (Å²) in [6.45, 7) is 3.00. The lowest BCUT2D eigenvalue weighted by Gasteiger charge is -2.14.